The number of carbonyl (C=O) groups is 1. The number of fused-ring (bicyclic) bond motifs is 2. The molecule has 3 aliphatic heterocycles. The number of rotatable bonds is 7. The summed E-state index contributed by atoms with van der Waals surface area (Å²) in [6, 6.07) is 10.5. The number of carbonyl (C=O) groups excluding carboxylic acids is 1. The summed E-state index contributed by atoms with van der Waals surface area (Å²) in [5.74, 6) is 0.254. The van der Waals surface area contributed by atoms with Crippen LogP contribution in [0.1, 0.15) is 56.9 Å². The number of ether oxygens (including phenoxy) is 1. The molecule has 3 aliphatic rings. The maximum Gasteiger partial charge on any atom is 0.222 e. The minimum atomic E-state index is -3.13. The number of piperidine rings is 2. The van der Waals surface area contributed by atoms with Crippen LogP contribution in [0.4, 0.5) is 0 Å². The topological polar surface area (TPSA) is 66.9 Å². The molecule has 3 atom stereocenters. The van der Waals surface area contributed by atoms with Crippen molar-refractivity contribution in [1.29, 1.82) is 0 Å². The summed E-state index contributed by atoms with van der Waals surface area (Å²) >= 11 is 0. The molecule has 30 heavy (non-hydrogen) atoms. The van der Waals surface area contributed by atoms with Gasteiger partial charge in [-0.15, -0.1) is 0 Å². The Balaban J connectivity index is 1.18. The highest BCUT2D eigenvalue weighted by Crippen LogP contribution is 2.39. The first-order valence-electron chi connectivity index (χ1n) is 11.4. The molecule has 1 unspecified atom stereocenters. The fourth-order valence-electron chi connectivity index (χ4n) is 5.50. The van der Waals surface area contributed by atoms with Crippen LogP contribution < -0.4 is 0 Å². The van der Waals surface area contributed by atoms with Gasteiger partial charge in [0.15, 0.2) is 0 Å². The van der Waals surface area contributed by atoms with Crippen molar-refractivity contribution in [2.75, 3.05) is 19.3 Å². The van der Waals surface area contributed by atoms with E-state index in [9.17, 15) is 13.2 Å². The van der Waals surface area contributed by atoms with Gasteiger partial charge in [0.25, 0.3) is 0 Å². The molecule has 0 aromatic heterocycles. The van der Waals surface area contributed by atoms with Gasteiger partial charge in [0.2, 0.25) is 15.9 Å². The maximum absolute atomic E-state index is 12.5. The Morgan fingerprint density at radius 2 is 1.63 bits per heavy atom. The van der Waals surface area contributed by atoms with Crippen LogP contribution in [0, 0.1) is 0 Å². The fourth-order valence-corrected chi connectivity index (χ4v) is 6.96. The van der Waals surface area contributed by atoms with Crippen molar-refractivity contribution in [2.24, 2.45) is 0 Å². The smallest absolute Gasteiger partial charge is 0.222 e. The maximum atomic E-state index is 12.5. The molecular weight excluding hydrogens is 400 g/mol. The summed E-state index contributed by atoms with van der Waals surface area (Å²) in [5, 5.41) is 0. The lowest BCUT2D eigenvalue weighted by molar-refractivity contribution is -0.135. The van der Waals surface area contributed by atoms with Crippen molar-refractivity contribution in [3.63, 3.8) is 0 Å². The zero-order valence-electron chi connectivity index (χ0n) is 17.9. The van der Waals surface area contributed by atoms with Gasteiger partial charge in [-0.3, -0.25) is 4.79 Å². The van der Waals surface area contributed by atoms with E-state index in [1.165, 1.54) is 11.8 Å². The molecule has 1 aromatic rings. The van der Waals surface area contributed by atoms with E-state index in [-0.39, 0.29) is 30.2 Å². The van der Waals surface area contributed by atoms with Crippen LogP contribution in [0.15, 0.2) is 30.3 Å². The van der Waals surface area contributed by atoms with E-state index in [0.717, 1.165) is 64.5 Å². The first kappa shape index (κ1) is 21.8. The molecule has 1 aromatic carbocycles. The van der Waals surface area contributed by atoms with E-state index in [4.69, 9.17) is 4.74 Å². The van der Waals surface area contributed by atoms with Gasteiger partial charge in [0.05, 0.1) is 18.5 Å². The fraction of sp³-hybridized carbons (Fsp3) is 0.696. The summed E-state index contributed by atoms with van der Waals surface area (Å²) in [6.45, 7) is 1.54. The molecule has 0 saturated carbocycles. The quantitative estimate of drug-likeness (QED) is 0.662. The highest BCUT2D eigenvalue weighted by Gasteiger charge is 2.46. The van der Waals surface area contributed by atoms with Crippen LogP contribution in [-0.4, -0.2) is 67.2 Å². The van der Waals surface area contributed by atoms with Gasteiger partial charge in [0, 0.05) is 31.6 Å². The largest absolute Gasteiger partial charge is 0.375 e. The molecule has 0 spiro atoms. The average molecular weight is 435 g/mol. The second kappa shape index (κ2) is 9.37. The Bertz CT molecular complexity index is 807. The SMILES string of the molecule is CS(=O)(=O)N1[C@@H]2CC[C@H]1CC(OC1CCN(C(=O)CCCc3ccccc3)CC1)C2. The first-order chi connectivity index (χ1) is 14.4. The third-order valence-corrected chi connectivity index (χ3v) is 8.25. The number of sulfonamides is 1. The number of aryl methyl sites for hydroxylation is 1. The Morgan fingerprint density at radius 3 is 2.23 bits per heavy atom. The predicted octanol–water partition coefficient (Wildman–Crippen LogP) is 2.97. The van der Waals surface area contributed by atoms with E-state index >= 15 is 0 Å². The lowest BCUT2D eigenvalue weighted by Crippen LogP contribution is -2.49. The number of benzene rings is 1. The van der Waals surface area contributed by atoms with Crippen LogP contribution in [0.25, 0.3) is 0 Å². The van der Waals surface area contributed by atoms with E-state index in [1.54, 1.807) is 4.31 Å². The summed E-state index contributed by atoms with van der Waals surface area (Å²) in [5.41, 5.74) is 1.29. The van der Waals surface area contributed by atoms with Crippen LogP contribution in [0.2, 0.25) is 0 Å². The minimum absolute atomic E-state index is 0.107. The Morgan fingerprint density at radius 1 is 1.00 bits per heavy atom. The first-order valence-corrected chi connectivity index (χ1v) is 13.2. The van der Waals surface area contributed by atoms with Gasteiger partial charge in [0.1, 0.15) is 0 Å². The predicted molar refractivity (Wildman–Crippen MR) is 117 cm³/mol. The van der Waals surface area contributed by atoms with Crippen molar-refractivity contribution in [3.05, 3.63) is 35.9 Å². The molecule has 6 nitrogen and oxygen atoms in total. The second-order valence-corrected chi connectivity index (χ2v) is 11.0. The Hall–Kier alpha value is -1.44. The average Bonchev–Trinajstić information content (AvgIpc) is 3.01. The third kappa shape index (κ3) is 5.24. The molecule has 1 amide bonds. The lowest BCUT2D eigenvalue weighted by atomic mass is 10.0. The van der Waals surface area contributed by atoms with Crippen molar-refractivity contribution >= 4 is 15.9 Å². The van der Waals surface area contributed by atoms with Crippen LogP contribution >= 0.6 is 0 Å². The third-order valence-electron chi connectivity index (χ3n) is 6.88. The summed E-state index contributed by atoms with van der Waals surface area (Å²) in [7, 11) is -3.13. The standard InChI is InChI=1S/C23H34N2O4S/c1-30(27,28)25-19-10-11-20(25)17-22(16-19)29-21-12-14-24(15-13-21)23(26)9-5-8-18-6-3-2-4-7-18/h2-4,6-7,19-22H,5,8-17H2,1H3/t19-,20+,22?. The Labute approximate surface area is 180 Å². The number of hydrogen-bond donors (Lipinski definition) is 0. The molecule has 4 rings (SSSR count). The molecule has 3 fully saturated rings. The normalized spacial score (nSPS) is 28.0. The van der Waals surface area contributed by atoms with Crippen LogP contribution in [0.5, 0.6) is 0 Å². The van der Waals surface area contributed by atoms with Crippen LogP contribution in [-0.2, 0) is 26.0 Å². The van der Waals surface area contributed by atoms with E-state index < -0.39 is 10.0 Å². The van der Waals surface area contributed by atoms with Crippen molar-refractivity contribution in [1.82, 2.24) is 9.21 Å². The monoisotopic (exact) mass is 434 g/mol. The molecule has 0 aliphatic carbocycles. The summed E-state index contributed by atoms with van der Waals surface area (Å²) < 4.78 is 32.2. The van der Waals surface area contributed by atoms with Crippen molar-refractivity contribution < 1.29 is 17.9 Å². The highest BCUT2D eigenvalue weighted by molar-refractivity contribution is 7.88. The summed E-state index contributed by atoms with van der Waals surface area (Å²) in [4.78, 5) is 14.5. The molecule has 3 saturated heterocycles. The van der Waals surface area contributed by atoms with Gasteiger partial charge >= 0.3 is 0 Å². The van der Waals surface area contributed by atoms with Gasteiger partial charge in [-0.25, -0.2) is 8.42 Å². The molecule has 0 radical (unpaired) electrons. The second-order valence-electron chi connectivity index (χ2n) is 9.13. The van der Waals surface area contributed by atoms with E-state index in [0.29, 0.717) is 6.42 Å². The molecule has 0 N–H and O–H groups in total. The number of amides is 1. The van der Waals surface area contributed by atoms with Gasteiger partial charge < -0.3 is 9.64 Å². The van der Waals surface area contributed by atoms with Crippen LogP contribution in [0.3, 0.4) is 0 Å². The molecule has 166 valence electrons. The molecular formula is C23H34N2O4S. The van der Waals surface area contributed by atoms with Gasteiger partial charge in [-0.1, -0.05) is 30.3 Å². The molecule has 3 heterocycles. The molecule has 7 heteroatoms. The lowest BCUT2D eigenvalue weighted by Gasteiger charge is -2.40. The zero-order valence-corrected chi connectivity index (χ0v) is 18.7. The summed E-state index contributed by atoms with van der Waals surface area (Å²) in [6.07, 6.45) is 9.39. The zero-order chi connectivity index (χ0) is 21.1. The highest BCUT2D eigenvalue weighted by atomic mass is 32.2. The van der Waals surface area contributed by atoms with E-state index in [1.807, 2.05) is 23.1 Å². The number of hydrogen-bond acceptors (Lipinski definition) is 4. The molecule has 2 bridgehead atoms. The van der Waals surface area contributed by atoms with Gasteiger partial charge in [-0.05, 0) is 56.9 Å². The van der Waals surface area contributed by atoms with E-state index in [2.05, 4.69) is 12.1 Å². The Kier molecular flexibility index (Phi) is 6.80. The van der Waals surface area contributed by atoms with Crippen molar-refractivity contribution in [3.8, 4) is 0 Å². The van der Waals surface area contributed by atoms with Crippen molar-refractivity contribution in [2.45, 2.75) is 82.1 Å². The number of nitrogens with zero attached hydrogens (tertiary/aromatic N) is 2. The van der Waals surface area contributed by atoms with Gasteiger partial charge in [-0.2, -0.15) is 4.31 Å². The number of likely N-dealkylation sites (tertiary alicyclic amines) is 1. The minimum Gasteiger partial charge on any atom is -0.375 e.